The number of nitrogens with one attached hydrogen (secondary N) is 1. The summed E-state index contributed by atoms with van der Waals surface area (Å²) in [6.45, 7) is 7.73. The molecule has 0 amide bonds. The molecule has 1 heterocycles. The molecule has 0 aliphatic carbocycles. The minimum atomic E-state index is 0.527. The van der Waals surface area contributed by atoms with Gasteiger partial charge in [0.1, 0.15) is 0 Å². The van der Waals surface area contributed by atoms with Crippen LogP contribution in [0.4, 0.5) is 0 Å². The average molecular weight is 268 g/mol. The van der Waals surface area contributed by atoms with Crippen LogP contribution in [0.15, 0.2) is 5.51 Å². The quantitative estimate of drug-likeness (QED) is 0.613. The second-order valence-corrected chi connectivity index (χ2v) is 5.90. The number of thiazole rings is 1. The summed E-state index contributed by atoms with van der Waals surface area (Å²) < 4.78 is 0. The summed E-state index contributed by atoms with van der Waals surface area (Å²) in [6.07, 6.45) is 9.25. The molecule has 2 nitrogen and oxygen atoms in total. The van der Waals surface area contributed by atoms with Crippen LogP contribution in [0, 0.1) is 6.92 Å². The lowest BCUT2D eigenvalue weighted by Gasteiger charge is -2.17. The lowest BCUT2D eigenvalue weighted by atomic mass is 10.0. The van der Waals surface area contributed by atoms with E-state index in [2.05, 4.69) is 31.1 Å². The Morgan fingerprint density at radius 3 is 2.56 bits per heavy atom. The number of aryl methyl sites for hydroxylation is 1. The van der Waals surface area contributed by atoms with Gasteiger partial charge in [0.25, 0.3) is 0 Å². The van der Waals surface area contributed by atoms with Crippen molar-refractivity contribution in [3.8, 4) is 0 Å². The Bertz CT molecular complexity index is 309. The molecule has 0 aliphatic rings. The fraction of sp³-hybridized carbons (Fsp3) is 0.800. The maximum Gasteiger partial charge on any atom is 0.0798 e. The number of nitrogens with zero attached hydrogens (tertiary/aromatic N) is 1. The molecule has 0 radical (unpaired) electrons. The first kappa shape index (κ1) is 15.6. The summed E-state index contributed by atoms with van der Waals surface area (Å²) in [4.78, 5) is 5.83. The highest BCUT2D eigenvalue weighted by Crippen LogP contribution is 2.26. The molecule has 1 unspecified atom stereocenters. The van der Waals surface area contributed by atoms with Crippen LogP contribution in [0.2, 0.25) is 0 Å². The van der Waals surface area contributed by atoms with Gasteiger partial charge in [0.05, 0.1) is 11.2 Å². The Kier molecular flexibility index (Phi) is 8.27. The number of hydrogen-bond donors (Lipinski definition) is 1. The molecule has 0 bridgehead atoms. The van der Waals surface area contributed by atoms with Crippen LogP contribution < -0.4 is 5.32 Å². The van der Waals surface area contributed by atoms with Crippen molar-refractivity contribution in [2.45, 2.75) is 71.8 Å². The number of aromatic nitrogens is 1. The molecular formula is C15H28N2S. The Hall–Kier alpha value is -0.410. The third-order valence-electron chi connectivity index (χ3n) is 3.34. The zero-order valence-electron chi connectivity index (χ0n) is 12.2. The van der Waals surface area contributed by atoms with E-state index in [4.69, 9.17) is 0 Å². The third-order valence-corrected chi connectivity index (χ3v) is 4.38. The molecular weight excluding hydrogens is 240 g/mol. The van der Waals surface area contributed by atoms with E-state index in [1.807, 2.05) is 5.51 Å². The highest BCUT2D eigenvalue weighted by atomic mass is 32.1. The summed E-state index contributed by atoms with van der Waals surface area (Å²) in [5.74, 6) is 0. The lowest BCUT2D eigenvalue weighted by molar-refractivity contribution is 0.471. The van der Waals surface area contributed by atoms with Gasteiger partial charge in [-0.3, -0.25) is 0 Å². The van der Waals surface area contributed by atoms with E-state index in [1.54, 1.807) is 11.3 Å². The van der Waals surface area contributed by atoms with Crippen molar-refractivity contribution < 1.29 is 0 Å². The Morgan fingerprint density at radius 2 is 1.94 bits per heavy atom. The maximum atomic E-state index is 4.38. The molecule has 0 saturated heterocycles. The highest BCUT2D eigenvalue weighted by molar-refractivity contribution is 7.09. The van der Waals surface area contributed by atoms with Crippen molar-refractivity contribution in [2.24, 2.45) is 0 Å². The van der Waals surface area contributed by atoms with Crippen LogP contribution >= 0.6 is 11.3 Å². The van der Waals surface area contributed by atoms with Gasteiger partial charge in [-0.15, -0.1) is 11.3 Å². The summed E-state index contributed by atoms with van der Waals surface area (Å²) >= 11 is 1.80. The second kappa shape index (κ2) is 9.51. The average Bonchev–Trinajstić information content (AvgIpc) is 2.79. The Labute approximate surface area is 116 Å². The number of unbranched alkanes of at least 4 members (excludes halogenated alkanes) is 4. The zero-order chi connectivity index (χ0) is 13.2. The standard InChI is InChI=1S/C15H28N2S/c1-4-6-7-8-9-10-14(16-11-5-2)15-13(3)17-12-18-15/h12,14,16H,4-11H2,1-3H3. The van der Waals surface area contributed by atoms with Gasteiger partial charge in [-0.05, 0) is 26.3 Å². The van der Waals surface area contributed by atoms with E-state index in [0.717, 1.165) is 6.54 Å². The minimum absolute atomic E-state index is 0.527. The monoisotopic (exact) mass is 268 g/mol. The topological polar surface area (TPSA) is 24.9 Å². The minimum Gasteiger partial charge on any atom is -0.309 e. The van der Waals surface area contributed by atoms with E-state index >= 15 is 0 Å². The van der Waals surface area contributed by atoms with Gasteiger partial charge in [0, 0.05) is 10.9 Å². The maximum absolute atomic E-state index is 4.38. The van der Waals surface area contributed by atoms with Gasteiger partial charge in [0.15, 0.2) is 0 Å². The molecule has 1 aromatic rings. The van der Waals surface area contributed by atoms with Gasteiger partial charge < -0.3 is 5.32 Å². The van der Waals surface area contributed by atoms with E-state index in [0.29, 0.717) is 6.04 Å². The SMILES string of the molecule is CCCCCCCC(NCCC)c1scnc1C. The highest BCUT2D eigenvalue weighted by Gasteiger charge is 2.14. The largest absolute Gasteiger partial charge is 0.309 e. The molecule has 0 saturated carbocycles. The van der Waals surface area contributed by atoms with Crippen molar-refractivity contribution >= 4 is 11.3 Å². The van der Waals surface area contributed by atoms with Crippen LogP contribution in [0.1, 0.15) is 75.4 Å². The third kappa shape index (κ3) is 5.49. The van der Waals surface area contributed by atoms with Crippen molar-refractivity contribution in [3.63, 3.8) is 0 Å². The van der Waals surface area contributed by atoms with E-state index < -0.39 is 0 Å². The molecule has 1 rings (SSSR count). The van der Waals surface area contributed by atoms with Crippen LogP contribution in [0.3, 0.4) is 0 Å². The smallest absolute Gasteiger partial charge is 0.0798 e. The van der Waals surface area contributed by atoms with Crippen LogP contribution in [-0.2, 0) is 0 Å². The molecule has 104 valence electrons. The van der Waals surface area contributed by atoms with Gasteiger partial charge in [0.2, 0.25) is 0 Å². The molecule has 0 fully saturated rings. The molecule has 0 spiro atoms. The van der Waals surface area contributed by atoms with Crippen LogP contribution in [0.25, 0.3) is 0 Å². The molecule has 1 aromatic heterocycles. The zero-order valence-corrected chi connectivity index (χ0v) is 13.0. The van der Waals surface area contributed by atoms with Crippen LogP contribution in [-0.4, -0.2) is 11.5 Å². The van der Waals surface area contributed by atoms with Crippen molar-refractivity contribution in [1.29, 1.82) is 0 Å². The van der Waals surface area contributed by atoms with Gasteiger partial charge in [-0.1, -0.05) is 46.0 Å². The number of hydrogen-bond acceptors (Lipinski definition) is 3. The summed E-state index contributed by atoms with van der Waals surface area (Å²) in [5, 5.41) is 3.67. The normalized spacial score (nSPS) is 12.8. The van der Waals surface area contributed by atoms with Crippen molar-refractivity contribution in [1.82, 2.24) is 10.3 Å². The molecule has 0 aromatic carbocycles. The lowest BCUT2D eigenvalue weighted by Crippen LogP contribution is -2.22. The molecule has 0 aliphatic heterocycles. The summed E-state index contributed by atoms with van der Waals surface area (Å²) in [7, 11) is 0. The first-order chi connectivity index (χ1) is 8.79. The molecule has 1 atom stereocenters. The predicted octanol–water partition coefficient (Wildman–Crippen LogP) is 4.85. The van der Waals surface area contributed by atoms with E-state index in [-0.39, 0.29) is 0 Å². The van der Waals surface area contributed by atoms with Crippen molar-refractivity contribution in [3.05, 3.63) is 16.1 Å². The van der Waals surface area contributed by atoms with Crippen LogP contribution in [0.5, 0.6) is 0 Å². The molecule has 1 N–H and O–H groups in total. The summed E-state index contributed by atoms with van der Waals surface area (Å²) in [5.41, 5.74) is 3.18. The Balaban J connectivity index is 2.39. The molecule has 3 heteroatoms. The van der Waals surface area contributed by atoms with E-state index in [1.165, 1.54) is 55.5 Å². The van der Waals surface area contributed by atoms with Crippen molar-refractivity contribution in [2.75, 3.05) is 6.54 Å². The van der Waals surface area contributed by atoms with Gasteiger partial charge in [-0.25, -0.2) is 4.98 Å². The first-order valence-corrected chi connectivity index (χ1v) is 8.30. The molecule has 18 heavy (non-hydrogen) atoms. The first-order valence-electron chi connectivity index (χ1n) is 7.42. The van der Waals surface area contributed by atoms with Gasteiger partial charge >= 0.3 is 0 Å². The Morgan fingerprint density at radius 1 is 1.17 bits per heavy atom. The van der Waals surface area contributed by atoms with Gasteiger partial charge in [-0.2, -0.15) is 0 Å². The summed E-state index contributed by atoms with van der Waals surface area (Å²) in [6, 6.07) is 0.527. The fourth-order valence-corrected chi connectivity index (χ4v) is 3.15. The second-order valence-electron chi connectivity index (χ2n) is 5.01. The van der Waals surface area contributed by atoms with E-state index in [9.17, 15) is 0 Å². The predicted molar refractivity (Wildman–Crippen MR) is 81.3 cm³/mol. The number of rotatable bonds is 10. The fourth-order valence-electron chi connectivity index (χ4n) is 2.24.